The highest BCUT2D eigenvalue weighted by molar-refractivity contribution is 6.00. The van der Waals surface area contributed by atoms with Crippen LogP contribution in [0.4, 0.5) is 0 Å². The Morgan fingerprint density at radius 3 is 2.52 bits per heavy atom. The molecule has 0 saturated carbocycles. The van der Waals surface area contributed by atoms with Gasteiger partial charge in [-0.1, -0.05) is 19.0 Å². The maximum Gasteiger partial charge on any atom is 0.245 e. The monoisotopic (exact) mass is 296 g/mol. The van der Waals surface area contributed by atoms with Crippen molar-refractivity contribution in [1.82, 2.24) is 10.2 Å². The Kier molecular flexibility index (Phi) is 6.87. The summed E-state index contributed by atoms with van der Waals surface area (Å²) in [5, 5.41) is 20.3. The van der Waals surface area contributed by atoms with Crippen LogP contribution in [0.2, 0.25) is 0 Å². The van der Waals surface area contributed by atoms with Crippen molar-refractivity contribution in [1.29, 1.82) is 0 Å². The average Bonchev–Trinajstić information content (AvgIpc) is 2.51. The third-order valence-corrected chi connectivity index (χ3v) is 3.05. The summed E-state index contributed by atoms with van der Waals surface area (Å²) in [5.74, 6) is 0.251. The third kappa shape index (κ3) is 4.29. The van der Waals surface area contributed by atoms with E-state index in [1.807, 2.05) is 27.7 Å². The second-order valence-electron chi connectivity index (χ2n) is 4.59. The predicted molar refractivity (Wildman–Crippen MR) is 79.9 cm³/mol. The number of oxime groups is 1. The molecule has 1 atom stereocenters. The van der Waals surface area contributed by atoms with E-state index in [2.05, 4.69) is 15.4 Å². The number of aromatic nitrogens is 2. The van der Waals surface area contributed by atoms with E-state index in [0.717, 1.165) is 17.7 Å². The van der Waals surface area contributed by atoms with E-state index in [4.69, 9.17) is 20.4 Å². The van der Waals surface area contributed by atoms with Crippen LogP contribution in [0.3, 0.4) is 0 Å². The van der Waals surface area contributed by atoms with E-state index in [0.29, 0.717) is 25.2 Å². The molecule has 0 saturated heterocycles. The molecule has 0 amide bonds. The van der Waals surface area contributed by atoms with Gasteiger partial charge < -0.3 is 20.4 Å². The molecule has 1 heterocycles. The number of hydrogen-bond donors (Lipinski definition) is 2. The van der Waals surface area contributed by atoms with Crippen molar-refractivity contribution in [2.45, 2.75) is 46.6 Å². The van der Waals surface area contributed by atoms with E-state index in [1.54, 1.807) is 0 Å². The highest BCUT2D eigenvalue weighted by Gasteiger charge is 2.20. The Bertz CT molecular complexity index is 491. The van der Waals surface area contributed by atoms with Crippen molar-refractivity contribution < 1.29 is 14.7 Å². The van der Waals surface area contributed by atoms with Crippen molar-refractivity contribution in [3.63, 3.8) is 0 Å². The second kappa shape index (κ2) is 8.41. The van der Waals surface area contributed by atoms with Crippen molar-refractivity contribution >= 4 is 5.84 Å². The van der Waals surface area contributed by atoms with Gasteiger partial charge >= 0.3 is 0 Å². The molecule has 7 heteroatoms. The Hall–Kier alpha value is -1.89. The van der Waals surface area contributed by atoms with Gasteiger partial charge in [-0.2, -0.15) is 5.10 Å². The molecule has 0 aromatic carbocycles. The van der Waals surface area contributed by atoms with Crippen LogP contribution in [0.15, 0.2) is 5.16 Å². The summed E-state index contributed by atoms with van der Waals surface area (Å²) in [5.41, 5.74) is 8.01. The molecule has 1 aromatic heterocycles. The molecular weight excluding hydrogens is 272 g/mol. The summed E-state index contributed by atoms with van der Waals surface area (Å²) in [4.78, 5) is 0. The summed E-state index contributed by atoms with van der Waals surface area (Å²) < 4.78 is 11.1. The van der Waals surface area contributed by atoms with Gasteiger partial charge in [0.2, 0.25) is 5.88 Å². The molecule has 1 unspecified atom stereocenters. The molecule has 0 bridgehead atoms. The molecule has 0 radical (unpaired) electrons. The van der Waals surface area contributed by atoms with E-state index >= 15 is 0 Å². The van der Waals surface area contributed by atoms with E-state index in [9.17, 15) is 0 Å². The quantitative estimate of drug-likeness (QED) is 0.326. The first kappa shape index (κ1) is 17.2. The maximum absolute atomic E-state index is 9.01. The molecule has 0 aliphatic carbocycles. The van der Waals surface area contributed by atoms with E-state index in [1.165, 1.54) is 0 Å². The van der Waals surface area contributed by atoms with Crippen LogP contribution in [0.1, 0.15) is 44.5 Å². The van der Waals surface area contributed by atoms with Gasteiger partial charge in [0.1, 0.15) is 6.10 Å². The van der Waals surface area contributed by atoms with Gasteiger partial charge in [-0.05, 0) is 32.3 Å². The van der Waals surface area contributed by atoms with Crippen LogP contribution in [-0.4, -0.2) is 40.6 Å². The highest BCUT2D eigenvalue weighted by Crippen LogP contribution is 2.23. The molecule has 0 aliphatic rings. The number of nitrogens with two attached hydrogens (primary N) is 1. The number of aryl methyl sites for hydroxylation is 1. The van der Waals surface area contributed by atoms with Crippen molar-refractivity contribution in [2.75, 3.05) is 13.2 Å². The smallest absolute Gasteiger partial charge is 0.245 e. The summed E-state index contributed by atoms with van der Waals surface area (Å²) in [7, 11) is 0. The molecule has 3 N–H and O–H groups in total. The minimum atomic E-state index is -0.207. The number of ether oxygens (including phenoxy) is 2. The normalized spacial score (nSPS) is 13.2. The van der Waals surface area contributed by atoms with Crippen molar-refractivity contribution in [2.24, 2.45) is 10.9 Å². The summed E-state index contributed by atoms with van der Waals surface area (Å²) >= 11 is 0. The minimum Gasteiger partial charge on any atom is -0.471 e. The first-order valence-electron chi connectivity index (χ1n) is 7.19. The second-order valence-corrected chi connectivity index (χ2v) is 4.59. The van der Waals surface area contributed by atoms with Crippen molar-refractivity contribution in [3.05, 3.63) is 16.8 Å². The van der Waals surface area contributed by atoms with Crippen LogP contribution in [0.5, 0.6) is 5.88 Å². The fourth-order valence-electron chi connectivity index (χ4n) is 2.06. The van der Waals surface area contributed by atoms with Gasteiger partial charge in [-0.15, -0.1) is 5.10 Å². The zero-order chi connectivity index (χ0) is 15.8. The van der Waals surface area contributed by atoms with E-state index in [-0.39, 0.29) is 17.8 Å². The zero-order valence-corrected chi connectivity index (χ0v) is 13.1. The maximum atomic E-state index is 9.01. The summed E-state index contributed by atoms with van der Waals surface area (Å²) in [6.07, 6.45) is 1.21. The standard InChI is InChI=1S/C14H24N4O3/c1-5-10-11(6-2)16-17-14(12(10)13(15)18-19)21-9(4)8-20-7-3/h9,19H,5-8H2,1-4H3,(H2,15,18). The fourth-order valence-corrected chi connectivity index (χ4v) is 2.06. The molecule has 21 heavy (non-hydrogen) atoms. The first-order valence-corrected chi connectivity index (χ1v) is 7.19. The average molecular weight is 296 g/mol. The molecule has 7 nitrogen and oxygen atoms in total. The van der Waals surface area contributed by atoms with Gasteiger partial charge in [0.25, 0.3) is 0 Å². The van der Waals surface area contributed by atoms with Gasteiger partial charge in [0.05, 0.1) is 17.9 Å². The van der Waals surface area contributed by atoms with Crippen molar-refractivity contribution in [3.8, 4) is 5.88 Å². The molecule has 1 rings (SSSR count). The number of amidine groups is 1. The highest BCUT2D eigenvalue weighted by atomic mass is 16.5. The lowest BCUT2D eigenvalue weighted by Gasteiger charge is -2.18. The third-order valence-electron chi connectivity index (χ3n) is 3.05. The van der Waals surface area contributed by atoms with Crippen LogP contribution in [0, 0.1) is 0 Å². The van der Waals surface area contributed by atoms with Crippen LogP contribution in [0.25, 0.3) is 0 Å². The molecule has 118 valence electrons. The van der Waals surface area contributed by atoms with Crippen LogP contribution < -0.4 is 10.5 Å². The largest absolute Gasteiger partial charge is 0.471 e. The number of nitrogens with zero attached hydrogens (tertiary/aromatic N) is 3. The lowest BCUT2D eigenvalue weighted by molar-refractivity contribution is 0.0626. The van der Waals surface area contributed by atoms with Gasteiger partial charge in [0, 0.05) is 6.61 Å². The summed E-state index contributed by atoms with van der Waals surface area (Å²) in [6.45, 7) is 8.80. The molecule has 0 fully saturated rings. The van der Waals surface area contributed by atoms with Gasteiger partial charge in [0.15, 0.2) is 5.84 Å². The number of rotatable bonds is 8. The fraction of sp³-hybridized carbons (Fsp3) is 0.643. The minimum absolute atomic E-state index is 0.0185. The lowest BCUT2D eigenvalue weighted by atomic mass is 10.0. The summed E-state index contributed by atoms with van der Waals surface area (Å²) in [6, 6.07) is 0. The molecular formula is C14H24N4O3. The van der Waals surface area contributed by atoms with Crippen LogP contribution >= 0.6 is 0 Å². The van der Waals surface area contributed by atoms with Gasteiger partial charge in [-0.25, -0.2) is 0 Å². The lowest BCUT2D eigenvalue weighted by Crippen LogP contribution is -2.25. The zero-order valence-electron chi connectivity index (χ0n) is 13.1. The first-order chi connectivity index (χ1) is 10.1. The Balaban J connectivity index is 3.19. The predicted octanol–water partition coefficient (Wildman–Crippen LogP) is 1.50. The van der Waals surface area contributed by atoms with Gasteiger partial charge in [-0.3, -0.25) is 0 Å². The van der Waals surface area contributed by atoms with Crippen LogP contribution in [-0.2, 0) is 17.6 Å². The molecule has 0 aliphatic heterocycles. The van der Waals surface area contributed by atoms with E-state index < -0.39 is 0 Å². The molecule has 1 aromatic rings. The topological polar surface area (TPSA) is 103 Å². The Morgan fingerprint density at radius 2 is 2.00 bits per heavy atom. The Labute approximate surface area is 125 Å². The SMILES string of the molecule is CCOCC(C)Oc1nnc(CC)c(CC)c1C(N)=NO. The Morgan fingerprint density at radius 1 is 1.29 bits per heavy atom. The molecule has 0 spiro atoms. The number of hydrogen-bond acceptors (Lipinski definition) is 6.